The zero-order chi connectivity index (χ0) is 10.7. The fraction of sp³-hybridized carbons (Fsp3) is 0.0769. The Morgan fingerprint density at radius 1 is 0.875 bits per heavy atom. The number of hydrogen-bond acceptors (Lipinski definition) is 1. The maximum atomic E-state index is 13.4. The fourth-order valence-corrected chi connectivity index (χ4v) is 1.57. The molecule has 0 radical (unpaired) electrons. The van der Waals surface area contributed by atoms with Crippen LogP contribution in [-0.4, -0.2) is 0 Å². The van der Waals surface area contributed by atoms with E-state index in [1.807, 2.05) is 30.3 Å². The number of rotatable bonds is 2. The average molecular weight is 238 g/mol. The highest BCUT2D eigenvalue weighted by Gasteiger charge is 2.11. The lowest BCUT2D eigenvalue weighted by molar-refractivity contribution is 0.599. The highest BCUT2D eigenvalue weighted by molar-refractivity contribution is 5.85. The molecule has 0 aliphatic heterocycles. The molecule has 0 aliphatic rings. The lowest BCUT2D eigenvalue weighted by atomic mass is 9.99. The van der Waals surface area contributed by atoms with Crippen molar-refractivity contribution < 1.29 is 4.39 Å². The second kappa shape index (κ2) is 5.64. The van der Waals surface area contributed by atoms with Gasteiger partial charge in [-0.1, -0.05) is 48.5 Å². The summed E-state index contributed by atoms with van der Waals surface area (Å²) in [5.41, 5.74) is 7.43. The molecule has 0 aliphatic carbocycles. The standard InChI is InChI=1S/C13H12FN.ClH/c14-12-9-5-4-8-11(12)13(15)10-6-2-1-3-7-10;/h1-9,13H,15H2;1H. The van der Waals surface area contributed by atoms with Crippen LogP contribution in [0.2, 0.25) is 0 Å². The second-order valence-electron chi connectivity index (χ2n) is 3.41. The summed E-state index contributed by atoms with van der Waals surface area (Å²) in [6.07, 6.45) is 0. The molecule has 0 fully saturated rings. The predicted molar refractivity (Wildman–Crippen MR) is 66.1 cm³/mol. The summed E-state index contributed by atoms with van der Waals surface area (Å²) < 4.78 is 13.4. The topological polar surface area (TPSA) is 26.0 Å². The quantitative estimate of drug-likeness (QED) is 0.852. The Balaban J connectivity index is 0.00000128. The van der Waals surface area contributed by atoms with E-state index in [1.165, 1.54) is 6.07 Å². The molecule has 0 saturated carbocycles. The van der Waals surface area contributed by atoms with Crippen molar-refractivity contribution >= 4 is 12.4 Å². The molecule has 1 unspecified atom stereocenters. The molecule has 0 saturated heterocycles. The molecule has 0 bridgehead atoms. The highest BCUT2D eigenvalue weighted by atomic mass is 35.5. The van der Waals surface area contributed by atoms with E-state index >= 15 is 0 Å². The Bertz CT molecular complexity index is 445. The summed E-state index contributed by atoms with van der Waals surface area (Å²) in [5.74, 6) is -0.256. The van der Waals surface area contributed by atoms with Crippen LogP contribution in [0.5, 0.6) is 0 Å². The summed E-state index contributed by atoms with van der Waals surface area (Å²) in [7, 11) is 0. The van der Waals surface area contributed by atoms with Gasteiger partial charge in [0, 0.05) is 5.56 Å². The molecule has 0 amide bonds. The van der Waals surface area contributed by atoms with Crippen molar-refractivity contribution in [3.05, 3.63) is 71.5 Å². The van der Waals surface area contributed by atoms with Crippen LogP contribution in [0.4, 0.5) is 4.39 Å². The minimum Gasteiger partial charge on any atom is -0.320 e. The van der Waals surface area contributed by atoms with Gasteiger partial charge in [0.2, 0.25) is 0 Å². The monoisotopic (exact) mass is 237 g/mol. The molecule has 2 aromatic rings. The third-order valence-electron chi connectivity index (χ3n) is 2.40. The van der Waals surface area contributed by atoms with E-state index in [2.05, 4.69) is 0 Å². The molecule has 0 spiro atoms. The lowest BCUT2D eigenvalue weighted by Gasteiger charge is -2.12. The number of hydrogen-bond donors (Lipinski definition) is 1. The maximum absolute atomic E-state index is 13.4. The van der Waals surface area contributed by atoms with Gasteiger partial charge in [0.25, 0.3) is 0 Å². The molecular weight excluding hydrogens is 225 g/mol. The zero-order valence-electron chi connectivity index (χ0n) is 8.64. The van der Waals surface area contributed by atoms with E-state index in [0.29, 0.717) is 5.56 Å². The Morgan fingerprint density at radius 3 is 2.06 bits per heavy atom. The van der Waals surface area contributed by atoms with Gasteiger partial charge >= 0.3 is 0 Å². The van der Waals surface area contributed by atoms with Crippen LogP contribution in [0.25, 0.3) is 0 Å². The zero-order valence-corrected chi connectivity index (χ0v) is 9.45. The van der Waals surface area contributed by atoms with Crippen LogP contribution in [0, 0.1) is 5.82 Å². The van der Waals surface area contributed by atoms with Crippen molar-refractivity contribution in [3.8, 4) is 0 Å². The Morgan fingerprint density at radius 2 is 1.44 bits per heavy atom. The molecule has 2 aromatic carbocycles. The van der Waals surface area contributed by atoms with E-state index in [1.54, 1.807) is 18.2 Å². The molecule has 0 heterocycles. The van der Waals surface area contributed by atoms with E-state index in [9.17, 15) is 4.39 Å². The Hall–Kier alpha value is -1.38. The normalized spacial score (nSPS) is 11.6. The molecule has 3 heteroatoms. The van der Waals surface area contributed by atoms with E-state index in [0.717, 1.165) is 5.56 Å². The van der Waals surface area contributed by atoms with Crippen molar-refractivity contribution in [3.63, 3.8) is 0 Å². The molecule has 1 nitrogen and oxygen atoms in total. The first-order valence-electron chi connectivity index (χ1n) is 4.84. The third-order valence-corrected chi connectivity index (χ3v) is 2.40. The highest BCUT2D eigenvalue weighted by Crippen LogP contribution is 2.21. The van der Waals surface area contributed by atoms with Gasteiger partial charge in [-0.3, -0.25) is 0 Å². The number of nitrogens with two attached hydrogens (primary N) is 1. The first-order chi connectivity index (χ1) is 7.29. The molecule has 0 aromatic heterocycles. The van der Waals surface area contributed by atoms with Gasteiger partial charge in [-0.25, -0.2) is 4.39 Å². The third kappa shape index (κ3) is 2.60. The van der Waals surface area contributed by atoms with E-state index in [-0.39, 0.29) is 18.2 Å². The largest absolute Gasteiger partial charge is 0.320 e. The smallest absolute Gasteiger partial charge is 0.128 e. The van der Waals surface area contributed by atoms with Gasteiger partial charge in [0.05, 0.1) is 6.04 Å². The first kappa shape index (κ1) is 12.7. The van der Waals surface area contributed by atoms with Crippen LogP contribution in [0.15, 0.2) is 54.6 Å². The molecule has 1 atom stereocenters. The van der Waals surface area contributed by atoms with E-state index in [4.69, 9.17) is 5.73 Å². The average Bonchev–Trinajstić information content (AvgIpc) is 2.30. The molecule has 2 N–H and O–H groups in total. The summed E-state index contributed by atoms with van der Waals surface area (Å²) in [6, 6.07) is 15.7. The molecular formula is C13H13ClFN. The van der Waals surface area contributed by atoms with Gasteiger partial charge in [0.15, 0.2) is 0 Å². The summed E-state index contributed by atoms with van der Waals surface area (Å²) in [5, 5.41) is 0. The fourth-order valence-electron chi connectivity index (χ4n) is 1.57. The van der Waals surface area contributed by atoms with Gasteiger partial charge < -0.3 is 5.73 Å². The van der Waals surface area contributed by atoms with Crippen molar-refractivity contribution in [2.24, 2.45) is 5.73 Å². The van der Waals surface area contributed by atoms with Crippen LogP contribution < -0.4 is 5.73 Å². The summed E-state index contributed by atoms with van der Waals surface area (Å²) in [4.78, 5) is 0. The predicted octanol–water partition coefficient (Wildman–Crippen LogP) is 3.30. The van der Waals surface area contributed by atoms with Gasteiger partial charge in [0.1, 0.15) is 5.82 Å². The SMILES string of the molecule is Cl.NC(c1ccccc1)c1ccccc1F. The first-order valence-corrected chi connectivity index (χ1v) is 4.84. The van der Waals surface area contributed by atoms with Crippen molar-refractivity contribution in [1.29, 1.82) is 0 Å². The molecule has 2 rings (SSSR count). The van der Waals surface area contributed by atoms with Crippen LogP contribution in [-0.2, 0) is 0 Å². The van der Waals surface area contributed by atoms with Gasteiger partial charge in [-0.15, -0.1) is 12.4 Å². The lowest BCUT2D eigenvalue weighted by Crippen LogP contribution is -2.13. The number of benzene rings is 2. The minimum atomic E-state index is -0.396. The van der Waals surface area contributed by atoms with Crippen LogP contribution in [0.3, 0.4) is 0 Å². The van der Waals surface area contributed by atoms with E-state index < -0.39 is 6.04 Å². The second-order valence-corrected chi connectivity index (χ2v) is 3.41. The maximum Gasteiger partial charge on any atom is 0.128 e. The van der Waals surface area contributed by atoms with Crippen molar-refractivity contribution in [1.82, 2.24) is 0 Å². The van der Waals surface area contributed by atoms with Gasteiger partial charge in [-0.05, 0) is 11.6 Å². The van der Waals surface area contributed by atoms with Crippen LogP contribution in [0.1, 0.15) is 17.2 Å². The molecule has 16 heavy (non-hydrogen) atoms. The summed E-state index contributed by atoms with van der Waals surface area (Å²) in [6.45, 7) is 0. The molecule has 84 valence electrons. The Labute approximate surface area is 101 Å². The minimum absolute atomic E-state index is 0. The van der Waals surface area contributed by atoms with Crippen molar-refractivity contribution in [2.75, 3.05) is 0 Å². The summed E-state index contributed by atoms with van der Waals surface area (Å²) >= 11 is 0. The van der Waals surface area contributed by atoms with Gasteiger partial charge in [-0.2, -0.15) is 0 Å². The Kier molecular flexibility index (Phi) is 4.47. The van der Waals surface area contributed by atoms with Crippen LogP contribution >= 0.6 is 12.4 Å². The van der Waals surface area contributed by atoms with Crippen molar-refractivity contribution in [2.45, 2.75) is 6.04 Å². The number of halogens is 2.